The van der Waals surface area contributed by atoms with Crippen LogP contribution < -0.4 is 9.64 Å². The number of carbonyl (C=O) groups excluding carboxylic acids is 1. The summed E-state index contributed by atoms with van der Waals surface area (Å²) in [6.07, 6.45) is 3.59. The first-order valence-electron chi connectivity index (χ1n) is 8.82. The number of amides is 1. The molecule has 1 aliphatic rings. The molecule has 7 heteroatoms. The maximum Gasteiger partial charge on any atom is 0.237 e. The molecule has 1 aromatic heterocycles. The van der Waals surface area contributed by atoms with E-state index < -0.39 is 0 Å². The van der Waals surface area contributed by atoms with E-state index >= 15 is 0 Å². The summed E-state index contributed by atoms with van der Waals surface area (Å²) in [7, 11) is 1.66. The highest BCUT2D eigenvalue weighted by Crippen LogP contribution is 2.31. The molecule has 6 nitrogen and oxygen atoms in total. The third-order valence-electron chi connectivity index (χ3n) is 4.58. The summed E-state index contributed by atoms with van der Waals surface area (Å²) in [6.45, 7) is 0.740. The zero-order chi connectivity index (χ0) is 18.6. The first kappa shape index (κ1) is 17.6. The summed E-state index contributed by atoms with van der Waals surface area (Å²) in [5, 5.41) is 8.87. The molecule has 0 fully saturated rings. The molecule has 0 radical (unpaired) electrons. The molecule has 0 spiro atoms. The summed E-state index contributed by atoms with van der Waals surface area (Å²) in [5.74, 6) is 1.22. The van der Waals surface area contributed by atoms with E-state index in [1.165, 1.54) is 11.8 Å². The molecule has 0 saturated heterocycles. The van der Waals surface area contributed by atoms with Crippen LogP contribution in [0.5, 0.6) is 5.75 Å². The summed E-state index contributed by atoms with van der Waals surface area (Å²) in [4.78, 5) is 14.7. The number of aryl methyl sites for hydroxylation is 1. The van der Waals surface area contributed by atoms with Crippen LogP contribution in [0.25, 0.3) is 5.69 Å². The molecule has 0 saturated carbocycles. The number of para-hydroxylation sites is 1. The first-order valence-corrected chi connectivity index (χ1v) is 9.80. The van der Waals surface area contributed by atoms with Crippen LogP contribution in [-0.2, 0) is 11.2 Å². The van der Waals surface area contributed by atoms with Crippen molar-refractivity contribution < 1.29 is 9.53 Å². The van der Waals surface area contributed by atoms with Gasteiger partial charge in [-0.1, -0.05) is 30.0 Å². The number of methoxy groups -OCH3 is 1. The zero-order valence-corrected chi connectivity index (χ0v) is 15.9. The van der Waals surface area contributed by atoms with Gasteiger partial charge in [0.15, 0.2) is 5.16 Å². The predicted molar refractivity (Wildman–Crippen MR) is 106 cm³/mol. The van der Waals surface area contributed by atoms with Crippen LogP contribution in [0.15, 0.2) is 60.0 Å². The molecule has 0 atom stereocenters. The fourth-order valence-electron chi connectivity index (χ4n) is 3.25. The van der Waals surface area contributed by atoms with Crippen molar-refractivity contribution in [2.24, 2.45) is 0 Å². The van der Waals surface area contributed by atoms with Crippen LogP contribution in [0.1, 0.15) is 12.0 Å². The molecule has 138 valence electrons. The molecule has 2 aromatic carbocycles. The van der Waals surface area contributed by atoms with E-state index in [0.717, 1.165) is 42.1 Å². The standard InChI is InChI=1S/C20H20N4O2S/c1-26-17-9-10-18-15(12-17)6-5-11-23(18)19(25)13-27-20-22-21-14-24(20)16-7-3-2-4-8-16/h2-4,7-10,12,14H,5-6,11,13H2,1H3. The van der Waals surface area contributed by atoms with E-state index in [9.17, 15) is 4.79 Å². The van der Waals surface area contributed by atoms with Crippen LogP contribution in [0.3, 0.4) is 0 Å². The molecule has 27 heavy (non-hydrogen) atoms. The van der Waals surface area contributed by atoms with Gasteiger partial charge in [0.25, 0.3) is 0 Å². The average molecular weight is 380 g/mol. The van der Waals surface area contributed by atoms with Crippen molar-refractivity contribution in [3.63, 3.8) is 0 Å². The van der Waals surface area contributed by atoms with Gasteiger partial charge in [0.05, 0.1) is 12.9 Å². The number of hydrogen-bond donors (Lipinski definition) is 0. The van der Waals surface area contributed by atoms with Crippen molar-refractivity contribution >= 4 is 23.4 Å². The summed E-state index contributed by atoms with van der Waals surface area (Å²) >= 11 is 1.41. The lowest BCUT2D eigenvalue weighted by Gasteiger charge is -2.29. The Hall–Kier alpha value is -2.80. The number of ether oxygens (including phenoxy) is 1. The molecule has 1 aliphatic heterocycles. The van der Waals surface area contributed by atoms with Gasteiger partial charge < -0.3 is 9.64 Å². The van der Waals surface area contributed by atoms with Gasteiger partial charge in [-0.25, -0.2) is 0 Å². The van der Waals surface area contributed by atoms with Gasteiger partial charge >= 0.3 is 0 Å². The van der Waals surface area contributed by atoms with Crippen molar-refractivity contribution in [2.75, 3.05) is 24.3 Å². The van der Waals surface area contributed by atoms with E-state index in [0.29, 0.717) is 10.9 Å². The van der Waals surface area contributed by atoms with Crippen LogP contribution in [0.2, 0.25) is 0 Å². The molecular weight excluding hydrogens is 360 g/mol. The van der Waals surface area contributed by atoms with Gasteiger partial charge in [-0.3, -0.25) is 9.36 Å². The number of anilines is 1. The smallest absolute Gasteiger partial charge is 0.237 e. The molecule has 0 aliphatic carbocycles. The molecule has 1 amide bonds. The highest BCUT2D eigenvalue weighted by atomic mass is 32.2. The first-order chi connectivity index (χ1) is 13.3. The molecule has 4 rings (SSSR count). The van der Waals surface area contributed by atoms with Crippen molar-refractivity contribution in [1.29, 1.82) is 0 Å². The summed E-state index contributed by atoms with van der Waals surface area (Å²) in [6, 6.07) is 15.8. The second-order valence-electron chi connectivity index (χ2n) is 6.25. The van der Waals surface area contributed by atoms with Crippen molar-refractivity contribution in [3.05, 3.63) is 60.4 Å². The number of fused-ring (bicyclic) bond motifs is 1. The van der Waals surface area contributed by atoms with Crippen molar-refractivity contribution in [3.8, 4) is 11.4 Å². The Morgan fingerprint density at radius 3 is 2.89 bits per heavy atom. The highest BCUT2D eigenvalue weighted by molar-refractivity contribution is 7.99. The van der Waals surface area contributed by atoms with Crippen molar-refractivity contribution in [1.82, 2.24) is 14.8 Å². The number of nitrogens with zero attached hydrogens (tertiary/aromatic N) is 4. The number of aromatic nitrogens is 3. The molecule has 0 unspecified atom stereocenters. The Morgan fingerprint density at radius 2 is 2.07 bits per heavy atom. The van der Waals surface area contributed by atoms with Crippen LogP contribution in [0, 0.1) is 0 Å². The number of benzene rings is 2. The lowest BCUT2D eigenvalue weighted by atomic mass is 10.0. The second kappa shape index (κ2) is 7.84. The van der Waals surface area contributed by atoms with Crippen molar-refractivity contribution in [2.45, 2.75) is 18.0 Å². The fourth-order valence-corrected chi connectivity index (χ4v) is 4.06. The van der Waals surface area contributed by atoms with Gasteiger partial charge in [0.1, 0.15) is 12.1 Å². The average Bonchev–Trinajstić information content (AvgIpc) is 3.20. The third-order valence-corrected chi connectivity index (χ3v) is 5.51. The Bertz CT molecular complexity index is 942. The van der Waals surface area contributed by atoms with Gasteiger partial charge in [-0.05, 0) is 48.7 Å². The molecular formula is C20H20N4O2S. The minimum atomic E-state index is 0.0775. The van der Waals surface area contributed by atoms with Crippen LogP contribution in [0.4, 0.5) is 5.69 Å². The minimum absolute atomic E-state index is 0.0775. The highest BCUT2D eigenvalue weighted by Gasteiger charge is 2.23. The number of carbonyl (C=O) groups is 1. The Kier molecular flexibility index (Phi) is 5.11. The number of hydrogen-bond acceptors (Lipinski definition) is 5. The van der Waals surface area contributed by atoms with E-state index in [2.05, 4.69) is 10.2 Å². The summed E-state index contributed by atoms with van der Waals surface area (Å²) < 4.78 is 7.20. The third kappa shape index (κ3) is 3.68. The maximum absolute atomic E-state index is 12.9. The maximum atomic E-state index is 12.9. The van der Waals surface area contributed by atoms with Gasteiger partial charge in [0, 0.05) is 17.9 Å². The summed E-state index contributed by atoms with van der Waals surface area (Å²) in [5.41, 5.74) is 3.12. The molecule has 0 N–H and O–H groups in total. The normalized spacial score (nSPS) is 13.3. The SMILES string of the molecule is COc1ccc2c(c1)CCCN2C(=O)CSc1nncn1-c1ccccc1. The van der Waals surface area contributed by atoms with Crippen LogP contribution in [-0.4, -0.2) is 40.1 Å². The topological polar surface area (TPSA) is 60.2 Å². The Balaban J connectivity index is 1.48. The number of rotatable bonds is 5. The molecule has 0 bridgehead atoms. The monoisotopic (exact) mass is 380 g/mol. The van der Waals surface area contributed by atoms with E-state index in [4.69, 9.17) is 4.74 Å². The largest absolute Gasteiger partial charge is 0.497 e. The predicted octanol–water partition coefficient (Wildman–Crippen LogP) is 3.35. The lowest BCUT2D eigenvalue weighted by molar-refractivity contribution is -0.116. The lowest BCUT2D eigenvalue weighted by Crippen LogP contribution is -2.36. The molecule has 2 heterocycles. The Labute approximate surface area is 162 Å². The van der Waals surface area contributed by atoms with E-state index in [1.807, 2.05) is 58.0 Å². The minimum Gasteiger partial charge on any atom is -0.497 e. The fraction of sp³-hybridized carbons (Fsp3) is 0.250. The van der Waals surface area contributed by atoms with Crippen LogP contribution >= 0.6 is 11.8 Å². The quantitative estimate of drug-likeness (QED) is 0.636. The van der Waals surface area contributed by atoms with Gasteiger partial charge in [0.2, 0.25) is 5.91 Å². The van der Waals surface area contributed by atoms with E-state index in [1.54, 1.807) is 13.4 Å². The zero-order valence-electron chi connectivity index (χ0n) is 15.0. The molecule has 3 aromatic rings. The number of thioether (sulfide) groups is 1. The van der Waals surface area contributed by atoms with Gasteiger partial charge in [-0.2, -0.15) is 0 Å². The Morgan fingerprint density at radius 1 is 1.22 bits per heavy atom. The van der Waals surface area contributed by atoms with Gasteiger partial charge in [-0.15, -0.1) is 10.2 Å². The van der Waals surface area contributed by atoms with E-state index in [-0.39, 0.29) is 5.91 Å². The second-order valence-corrected chi connectivity index (χ2v) is 7.19.